The number of tetrazole rings is 1. The second kappa shape index (κ2) is 9.44. The van der Waals surface area contributed by atoms with Crippen LogP contribution in [0.5, 0.6) is 0 Å². The lowest BCUT2D eigenvalue weighted by molar-refractivity contribution is 0.881. The zero-order chi connectivity index (χ0) is 22.5. The lowest BCUT2D eigenvalue weighted by Gasteiger charge is -2.12. The molecule has 3 aromatic carbocycles. The van der Waals surface area contributed by atoms with Crippen LogP contribution in [0.1, 0.15) is 18.2 Å². The first-order valence-electron chi connectivity index (χ1n) is 11.0. The number of hydrogen-bond acceptors (Lipinski definition) is 5. The minimum Gasteiger partial charge on any atom is -0.380 e. The summed E-state index contributed by atoms with van der Waals surface area (Å²) in [5, 5.41) is 19.1. The number of benzene rings is 3. The topological polar surface area (TPSA) is 79.4 Å². The molecule has 33 heavy (non-hydrogen) atoms. The van der Waals surface area contributed by atoms with Gasteiger partial charge in [0.25, 0.3) is 0 Å². The molecule has 0 aliphatic rings. The van der Waals surface area contributed by atoms with Crippen LogP contribution in [0.15, 0.2) is 91.0 Å². The molecule has 5 aromatic rings. The van der Waals surface area contributed by atoms with Crippen molar-refractivity contribution in [1.82, 2.24) is 25.6 Å². The summed E-state index contributed by atoms with van der Waals surface area (Å²) in [5.41, 5.74) is 7.56. The SMILES string of the molecule is C/C=C/Cc1cc(NCc2ccc(-c3ccccc3-c3nnn[nH]3)cc2)c2ccccc2n1. The Balaban J connectivity index is 1.38. The molecule has 0 aliphatic carbocycles. The molecule has 0 saturated heterocycles. The van der Waals surface area contributed by atoms with Gasteiger partial charge in [-0.1, -0.05) is 78.9 Å². The molecule has 2 aromatic heterocycles. The van der Waals surface area contributed by atoms with Crippen LogP contribution < -0.4 is 5.32 Å². The average molecular weight is 433 g/mol. The van der Waals surface area contributed by atoms with Gasteiger partial charge in [0, 0.05) is 35.3 Å². The molecular formula is C27H24N6. The highest BCUT2D eigenvalue weighted by atomic mass is 15.5. The number of anilines is 1. The molecule has 0 spiro atoms. The van der Waals surface area contributed by atoms with Crippen molar-refractivity contribution in [2.24, 2.45) is 0 Å². The van der Waals surface area contributed by atoms with Crippen molar-refractivity contribution in [3.63, 3.8) is 0 Å². The quantitative estimate of drug-likeness (QED) is 0.317. The number of hydrogen-bond donors (Lipinski definition) is 2. The summed E-state index contributed by atoms with van der Waals surface area (Å²) in [6, 6.07) is 27.1. The summed E-state index contributed by atoms with van der Waals surface area (Å²) in [4.78, 5) is 4.80. The van der Waals surface area contributed by atoms with Gasteiger partial charge in [0.2, 0.25) is 0 Å². The van der Waals surface area contributed by atoms with Crippen LogP contribution in [0.4, 0.5) is 5.69 Å². The fraction of sp³-hybridized carbons (Fsp3) is 0.111. The Kier molecular flexibility index (Phi) is 5.89. The lowest BCUT2D eigenvalue weighted by Crippen LogP contribution is -2.02. The summed E-state index contributed by atoms with van der Waals surface area (Å²) in [6.45, 7) is 2.76. The van der Waals surface area contributed by atoms with Crippen molar-refractivity contribution in [3.8, 4) is 22.5 Å². The number of fused-ring (bicyclic) bond motifs is 1. The van der Waals surface area contributed by atoms with E-state index in [-0.39, 0.29) is 0 Å². The predicted molar refractivity (Wildman–Crippen MR) is 133 cm³/mol. The molecule has 0 fully saturated rings. The molecule has 0 bridgehead atoms. The van der Waals surface area contributed by atoms with Crippen molar-refractivity contribution in [2.75, 3.05) is 5.32 Å². The second-order valence-electron chi connectivity index (χ2n) is 7.80. The maximum Gasteiger partial charge on any atom is 0.180 e. The monoisotopic (exact) mass is 432 g/mol. The smallest absolute Gasteiger partial charge is 0.180 e. The number of nitrogens with one attached hydrogen (secondary N) is 2. The lowest BCUT2D eigenvalue weighted by atomic mass is 9.98. The van der Waals surface area contributed by atoms with Gasteiger partial charge in [0.15, 0.2) is 5.82 Å². The van der Waals surface area contributed by atoms with E-state index in [2.05, 4.69) is 92.7 Å². The van der Waals surface area contributed by atoms with E-state index in [4.69, 9.17) is 4.98 Å². The molecular weight excluding hydrogens is 408 g/mol. The van der Waals surface area contributed by atoms with Crippen LogP contribution in [0.3, 0.4) is 0 Å². The zero-order valence-electron chi connectivity index (χ0n) is 18.4. The Morgan fingerprint density at radius 2 is 1.70 bits per heavy atom. The van der Waals surface area contributed by atoms with E-state index in [0.29, 0.717) is 5.82 Å². The van der Waals surface area contributed by atoms with E-state index in [1.165, 1.54) is 5.56 Å². The molecule has 6 nitrogen and oxygen atoms in total. The minimum atomic E-state index is 0.662. The number of aromatic amines is 1. The minimum absolute atomic E-state index is 0.662. The van der Waals surface area contributed by atoms with Gasteiger partial charge in [-0.15, -0.1) is 5.10 Å². The summed E-state index contributed by atoms with van der Waals surface area (Å²) < 4.78 is 0. The van der Waals surface area contributed by atoms with Crippen molar-refractivity contribution in [3.05, 3.63) is 102 Å². The van der Waals surface area contributed by atoms with Gasteiger partial charge < -0.3 is 5.32 Å². The summed E-state index contributed by atoms with van der Waals surface area (Å²) in [7, 11) is 0. The Labute approximate surface area is 192 Å². The first-order valence-corrected chi connectivity index (χ1v) is 11.0. The van der Waals surface area contributed by atoms with E-state index >= 15 is 0 Å². The molecule has 0 amide bonds. The van der Waals surface area contributed by atoms with Gasteiger partial charge in [0.1, 0.15) is 0 Å². The first kappa shape index (κ1) is 20.6. The highest BCUT2D eigenvalue weighted by molar-refractivity contribution is 5.91. The zero-order valence-corrected chi connectivity index (χ0v) is 18.4. The second-order valence-corrected chi connectivity index (χ2v) is 7.80. The van der Waals surface area contributed by atoms with Gasteiger partial charge in [-0.2, -0.15) is 0 Å². The first-order chi connectivity index (χ1) is 16.3. The van der Waals surface area contributed by atoms with E-state index < -0.39 is 0 Å². The third kappa shape index (κ3) is 4.50. The summed E-state index contributed by atoms with van der Waals surface area (Å²) >= 11 is 0. The van der Waals surface area contributed by atoms with Crippen molar-refractivity contribution < 1.29 is 0 Å². The average Bonchev–Trinajstić information content (AvgIpc) is 3.41. The molecule has 0 aliphatic heterocycles. The Morgan fingerprint density at radius 3 is 2.48 bits per heavy atom. The highest BCUT2D eigenvalue weighted by Gasteiger charge is 2.10. The van der Waals surface area contributed by atoms with E-state index in [9.17, 15) is 0 Å². The van der Waals surface area contributed by atoms with Crippen LogP contribution in [0, 0.1) is 0 Å². The fourth-order valence-corrected chi connectivity index (χ4v) is 3.93. The molecule has 5 rings (SSSR count). The van der Waals surface area contributed by atoms with Crippen LogP contribution in [0.2, 0.25) is 0 Å². The molecule has 0 radical (unpaired) electrons. The molecule has 162 valence electrons. The van der Waals surface area contributed by atoms with E-state index in [1.807, 2.05) is 31.2 Å². The molecule has 6 heteroatoms. The number of allylic oxidation sites excluding steroid dienone is 2. The predicted octanol–water partition coefficient (Wildman–Crippen LogP) is 5.81. The maximum absolute atomic E-state index is 4.80. The molecule has 2 N–H and O–H groups in total. The third-order valence-electron chi connectivity index (χ3n) is 5.61. The van der Waals surface area contributed by atoms with Crippen LogP contribution in [-0.4, -0.2) is 25.6 Å². The maximum atomic E-state index is 4.80. The fourth-order valence-electron chi connectivity index (χ4n) is 3.93. The number of rotatable bonds is 7. The van der Waals surface area contributed by atoms with Crippen molar-refractivity contribution in [2.45, 2.75) is 19.9 Å². The van der Waals surface area contributed by atoms with Gasteiger partial charge in [-0.25, -0.2) is 5.10 Å². The Morgan fingerprint density at radius 1 is 0.909 bits per heavy atom. The number of nitrogens with zero attached hydrogens (tertiary/aromatic N) is 4. The van der Waals surface area contributed by atoms with E-state index in [0.717, 1.165) is 51.9 Å². The number of aromatic nitrogens is 5. The number of pyridine rings is 1. The van der Waals surface area contributed by atoms with Crippen molar-refractivity contribution in [1.29, 1.82) is 0 Å². The van der Waals surface area contributed by atoms with Crippen molar-refractivity contribution >= 4 is 16.6 Å². The number of para-hydroxylation sites is 1. The summed E-state index contributed by atoms with van der Waals surface area (Å²) in [5.74, 6) is 0.662. The van der Waals surface area contributed by atoms with Gasteiger partial charge in [-0.05, 0) is 46.2 Å². The molecule has 0 atom stereocenters. The standard InChI is InChI=1S/C27H24N6/c1-2-3-8-21-17-26(24-11-6-7-12-25(24)29-21)28-18-19-13-15-20(16-14-19)22-9-4-5-10-23(22)27-30-32-33-31-27/h2-7,9-17H,8,18H2,1H3,(H,28,29)(H,30,31,32,33)/b3-2+. The van der Waals surface area contributed by atoms with Gasteiger partial charge in [0.05, 0.1) is 5.52 Å². The van der Waals surface area contributed by atoms with Gasteiger partial charge in [-0.3, -0.25) is 4.98 Å². The Bertz CT molecular complexity index is 1390. The normalized spacial score (nSPS) is 11.3. The van der Waals surface area contributed by atoms with Crippen LogP contribution in [-0.2, 0) is 13.0 Å². The van der Waals surface area contributed by atoms with E-state index in [1.54, 1.807) is 0 Å². The highest BCUT2D eigenvalue weighted by Crippen LogP contribution is 2.30. The largest absolute Gasteiger partial charge is 0.380 e. The number of H-pyrrole nitrogens is 1. The third-order valence-corrected chi connectivity index (χ3v) is 5.61. The summed E-state index contributed by atoms with van der Waals surface area (Å²) in [6.07, 6.45) is 5.01. The van der Waals surface area contributed by atoms with Crippen LogP contribution >= 0.6 is 0 Å². The van der Waals surface area contributed by atoms with Gasteiger partial charge >= 0.3 is 0 Å². The Hall–Kier alpha value is -4.32. The van der Waals surface area contributed by atoms with Crippen LogP contribution in [0.25, 0.3) is 33.4 Å². The molecule has 2 heterocycles. The molecule has 0 unspecified atom stereocenters. The molecule has 0 saturated carbocycles.